The van der Waals surface area contributed by atoms with E-state index in [9.17, 15) is 8.42 Å². The van der Waals surface area contributed by atoms with Gasteiger partial charge in [-0.3, -0.25) is 0 Å². The van der Waals surface area contributed by atoms with E-state index in [4.69, 9.17) is 9.47 Å². The fourth-order valence-corrected chi connectivity index (χ4v) is 4.16. The smallest absolute Gasteiger partial charge is 0.241 e. The molecular formula is C16H15NO4S. The maximum atomic E-state index is 12.7. The molecule has 2 aromatic rings. The molecule has 5 nitrogen and oxygen atoms in total. The van der Waals surface area contributed by atoms with Crippen molar-refractivity contribution < 1.29 is 17.9 Å². The van der Waals surface area contributed by atoms with Crippen molar-refractivity contribution in [2.24, 2.45) is 0 Å². The highest BCUT2D eigenvalue weighted by Gasteiger charge is 2.47. The van der Waals surface area contributed by atoms with Crippen molar-refractivity contribution in [3.63, 3.8) is 0 Å². The van der Waals surface area contributed by atoms with Crippen LogP contribution in [0, 0.1) is 0 Å². The largest absolute Gasteiger partial charge is 0.454 e. The maximum Gasteiger partial charge on any atom is 0.241 e. The Hall–Kier alpha value is -2.05. The predicted octanol–water partition coefficient (Wildman–Crippen LogP) is 2.38. The number of rotatable bonds is 4. The molecule has 1 heterocycles. The Morgan fingerprint density at radius 3 is 2.41 bits per heavy atom. The zero-order valence-electron chi connectivity index (χ0n) is 11.8. The molecule has 0 bridgehead atoms. The summed E-state index contributed by atoms with van der Waals surface area (Å²) in [5.74, 6) is 1.04. The SMILES string of the molecule is O=S(=O)(NC1(c2ccccc2)CC1)c1ccc2c(c1)OCO2. The average molecular weight is 317 g/mol. The van der Waals surface area contributed by atoms with Gasteiger partial charge >= 0.3 is 0 Å². The van der Waals surface area contributed by atoms with Crippen LogP contribution in [0.3, 0.4) is 0 Å². The lowest BCUT2D eigenvalue weighted by atomic mass is 10.1. The monoisotopic (exact) mass is 317 g/mol. The normalized spacial score (nSPS) is 18.2. The highest BCUT2D eigenvalue weighted by Crippen LogP contribution is 2.46. The Labute approximate surface area is 128 Å². The number of hydrogen-bond acceptors (Lipinski definition) is 4. The van der Waals surface area contributed by atoms with E-state index < -0.39 is 15.6 Å². The highest BCUT2D eigenvalue weighted by atomic mass is 32.2. The zero-order valence-corrected chi connectivity index (χ0v) is 12.6. The average Bonchev–Trinajstić information content (AvgIpc) is 3.14. The van der Waals surface area contributed by atoms with Gasteiger partial charge in [0.2, 0.25) is 16.8 Å². The Kier molecular flexibility index (Phi) is 2.92. The molecule has 0 radical (unpaired) electrons. The molecule has 0 amide bonds. The van der Waals surface area contributed by atoms with Crippen LogP contribution in [0.5, 0.6) is 11.5 Å². The summed E-state index contributed by atoms with van der Waals surface area (Å²) in [6.45, 7) is 0.125. The van der Waals surface area contributed by atoms with E-state index in [1.165, 1.54) is 12.1 Å². The molecule has 2 aliphatic rings. The van der Waals surface area contributed by atoms with E-state index in [0.29, 0.717) is 11.5 Å². The van der Waals surface area contributed by atoms with E-state index in [2.05, 4.69) is 4.72 Å². The summed E-state index contributed by atoms with van der Waals surface area (Å²) in [4.78, 5) is 0.193. The molecule has 0 saturated heterocycles. The number of hydrogen-bond donors (Lipinski definition) is 1. The van der Waals surface area contributed by atoms with Gasteiger partial charge in [0, 0.05) is 6.07 Å². The maximum absolute atomic E-state index is 12.7. The van der Waals surface area contributed by atoms with E-state index >= 15 is 0 Å². The first-order chi connectivity index (χ1) is 10.6. The zero-order chi connectivity index (χ0) is 15.2. The van der Waals surface area contributed by atoms with E-state index in [-0.39, 0.29) is 11.7 Å². The summed E-state index contributed by atoms with van der Waals surface area (Å²) < 4.78 is 38.6. The molecule has 4 rings (SSSR count). The van der Waals surface area contributed by atoms with Crippen LogP contribution in [0.4, 0.5) is 0 Å². The summed E-state index contributed by atoms with van der Waals surface area (Å²) in [6, 6.07) is 14.3. The van der Waals surface area contributed by atoms with Gasteiger partial charge in [0.05, 0.1) is 10.4 Å². The fourth-order valence-electron chi connectivity index (χ4n) is 2.69. The summed E-state index contributed by atoms with van der Waals surface area (Å²) in [7, 11) is -3.61. The Morgan fingerprint density at radius 2 is 1.68 bits per heavy atom. The lowest BCUT2D eigenvalue weighted by molar-refractivity contribution is 0.174. The van der Waals surface area contributed by atoms with Crippen LogP contribution in [0.25, 0.3) is 0 Å². The molecule has 1 aliphatic heterocycles. The minimum absolute atomic E-state index is 0.125. The van der Waals surface area contributed by atoms with Gasteiger partial charge in [-0.2, -0.15) is 0 Å². The standard InChI is InChI=1S/C16H15NO4S/c18-22(19,13-6-7-14-15(10-13)21-11-20-14)17-16(8-9-16)12-4-2-1-3-5-12/h1-7,10,17H,8-9,11H2. The number of fused-ring (bicyclic) bond motifs is 1. The first-order valence-corrected chi connectivity index (χ1v) is 8.57. The third-order valence-corrected chi connectivity index (χ3v) is 5.59. The molecule has 0 atom stereocenters. The summed E-state index contributed by atoms with van der Waals surface area (Å²) >= 11 is 0. The fraction of sp³-hybridized carbons (Fsp3) is 0.250. The van der Waals surface area contributed by atoms with Gasteiger partial charge in [-0.15, -0.1) is 0 Å². The van der Waals surface area contributed by atoms with Crippen LogP contribution < -0.4 is 14.2 Å². The van der Waals surface area contributed by atoms with Gasteiger partial charge in [0.25, 0.3) is 0 Å². The van der Waals surface area contributed by atoms with E-state index in [0.717, 1.165) is 18.4 Å². The Balaban J connectivity index is 1.65. The molecule has 0 unspecified atom stereocenters. The summed E-state index contributed by atoms with van der Waals surface area (Å²) in [6.07, 6.45) is 1.61. The summed E-state index contributed by atoms with van der Waals surface area (Å²) in [5, 5.41) is 0. The number of sulfonamides is 1. The number of benzene rings is 2. The second-order valence-electron chi connectivity index (χ2n) is 5.57. The third-order valence-electron chi connectivity index (χ3n) is 4.06. The molecule has 1 aliphatic carbocycles. The van der Waals surface area contributed by atoms with Crippen LogP contribution in [0.1, 0.15) is 18.4 Å². The second kappa shape index (κ2) is 4.72. The Bertz CT molecular complexity index is 813. The van der Waals surface area contributed by atoms with Crippen molar-refractivity contribution in [1.29, 1.82) is 0 Å². The minimum atomic E-state index is -3.61. The van der Waals surface area contributed by atoms with Crippen molar-refractivity contribution in [3.8, 4) is 11.5 Å². The van der Waals surface area contributed by atoms with Crippen LogP contribution in [-0.4, -0.2) is 15.2 Å². The number of ether oxygens (including phenoxy) is 2. The molecule has 1 N–H and O–H groups in total. The van der Waals surface area contributed by atoms with Crippen molar-refractivity contribution >= 4 is 10.0 Å². The molecule has 2 aromatic carbocycles. The topological polar surface area (TPSA) is 64.6 Å². The van der Waals surface area contributed by atoms with Crippen molar-refractivity contribution in [3.05, 3.63) is 54.1 Å². The van der Waals surface area contributed by atoms with Gasteiger partial charge in [-0.1, -0.05) is 30.3 Å². The van der Waals surface area contributed by atoms with Gasteiger partial charge in [-0.05, 0) is 30.5 Å². The lowest BCUT2D eigenvalue weighted by Crippen LogP contribution is -2.34. The van der Waals surface area contributed by atoms with Crippen LogP contribution in [0.15, 0.2) is 53.4 Å². The number of nitrogens with one attached hydrogen (secondary N) is 1. The molecule has 114 valence electrons. The molecule has 0 spiro atoms. The van der Waals surface area contributed by atoms with Crippen LogP contribution >= 0.6 is 0 Å². The van der Waals surface area contributed by atoms with E-state index in [1.807, 2.05) is 30.3 Å². The highest BCUT2D eigenvalue weighted by molar-refractivity contribution is 7.89. The minimum Gasteiger partial charge on any atom is -0.454 e. The second-order valence-corrected chi connectivity index (χ2v) is 7.25. The Morgan fingerprint density at radius 1 is 0.955 bits per heavy atom. The quantitative estimate of drug-likeness (QED) is 0.940. The summed E-state index contributed by atoms with van der Waals surface area (Å²) in [5.41, 5.74) is 0.524. The van der Waals surface area contributed by atoms with Crippen molar-refractivity contribution in [1.82, 2.24) is 4.72 Å². The first-order valence-electron chi connectivity index (χ1n) is 7.08. The molecular weight excluding hydrogens is 302 g/mol. The van der Waals surface area contributed by atoms with Crippen LogP contribution in [-0.2, 0) is 15.6 Å². The van der Waals surface area contributed by atoms with Crippen molar-refractivity contribution in [2.75, 3.05) is 6.79 Å². The lowest BCUT2D eigenvalue weighted by Gasteiger charge is -2.18. The molecule has 0 aromatic heterocycles. The van der Waals surface area contributed by atoms with Crippen molar-refractivity contribution in [2.45, 2.75) is 23.3 Å². The van der Waals surface area contributed by atoms with Gasteiger partial charge in [0.1, 0.15) is 0 Å². The predicted molar refractivity (Wildman–Crippen MR) is 80.2 cm³/mol. The van der Waals surface area contributed by atoms with Gasteiger partial charge in [0.15, 0.2) is 11.5 Å². The van der Waals surface area contributed by atoms with Gasteiger partial charge in [-0.25, -0.2) is 13.1 Å². The van der Waals surface area contributed by atoms with Crippen LogP contribution in [0.2, 0.25) is 0 Å². The molecule has 1 saturated carbocycles. The molecule has 22 heavy (non-hydrogen) atoms. The van der Waals surface area contributed by atoms with Gasteiger partial charge < -0.3 is 9.47 Å². The van der Waals surface area contributed by atoms with E-state index in [1.54, 1.807) is 6.07 Å². The molecule has 6 heteroatoms. The third kappa shape index (κ3) is 2.24. The molecule has 1 fully saturated rings. The first kappa shape index (κ1) is 13.6.